The lowest BCUT2D eigenvalue weighted by atomic mass is 9.90. The fraction of sp³-hybridized carbons (Fsp3) is 0.455. The molecule has 0 radical (unpaired) electrons. The SMILES string of the molecule is Cc1cc(-c2cc(Cl)ccc2OCCn2c(C)nc3c(c2=O)C[C@H](N2CCC(OC(F)(F)F)CC2)[C@@H]2C[C@H]32)c2scc(C(=O)O)c2n1. The van der Waals surface area contributed by atoms with Crippen molar-refractivity contribution in [3.63, 3.8) is 0 Å². The van der Waals surface area contributed by atoms with Gasteiger partial charge in [0.15, 0.2) is 0 Å². The summed E-state index contributed by atoms with van der Waals surface area (Å²) >= 11 is 7.69. The minimum absolute atomic E-state index is 0.0948. The highest BCUT2D eigenvalue weighted by molar-refractivity contribution is 7.18. The predicted molar refractivity (Wildman–Crippen MR) is 171 cm³/mol. The molecule has 0 bridgehead atoms. The van der Waals surface area contributed by atoms with Gasteiger partial charge in [0, 0.05) is 57.8 Å². The molecule has 248 valence electrons. The molecule has 1 aliphatic heterocycles. The first-order valence-corrected chi connectivity index (χ1v) is 16.8. The number of benzene rings is 1. The Morgan fingerprint density at radius 3 is 2.64 bits per heavy atom. The maximum absolute atomic E-state index is 13.9. The summed E-state index contributed by atoms with van der Waals surface area (Å²) in [5, 5.41) is 11.7. The van der Waals surface area contributed by atoms with Crippen molar-refractivity contribution >= 4 is 39.1 Å². The summed E-state index contributed by atoms with van der Waals surface area (Å²) in [7, 11) is 0. The number of aryl methyl sites for hydroxylation is 2. The van der Waals surface area contributed by atoms with Crippen molar-refractivity contribution in [3.8, 4) is 16.9 Å². The number of nitrogens with zero attached hydrogens (tertiary/aromatic N) is 4. The molecule has 9 nitrogen and oxygen atoms in total. The molecule has 1 N–H and O–H groups in total. The Kier molecular flexibility index (Phi) is 8.30. The topological polar surface area (TPSA) is 107 Å². The van der Waals surface area contributed by atoms with Gasteiger partial charge in [-0.3, -0.25) is 24.0 Å². The van der Waals surface area contributed by atoms with Crippen molar-refractivity contribution in [2.75, 3.05) is 19.7 Å². The van der Waals surface area contributed by atoms with Crippen molar-refractivity contribution in [3.05, 3.63) is 73.4 Å². The molecule has 0 unspecified atom stereocenters. The number of fused-ring (bicyclic) bond motifs is 4. The number of hydrogen-bond acceptors (Lipinski definition) is 8. The van der Waals surface area contributed by atoms with E-state index in [1.807, 2.05) is 13.0 Å². The van der Waals surface area contributed by atoms with E-state index < -0.39 is 18.4 Å². The number of ether oxygens (including phenoxy) is 2. The van der Waals surface area contributed by atoms with Crippen LogP contribution in [-0.2, 0) is 17.7 Å². The molecule has 2 fully saturated rings. The van der Waals surface area contributed by atoms with E-state index in [0.29, 0.717) is 81.9 Å². The molecule has 14 heteroatoms. The minimum Gasteiger partial charge on any atom is -0.491 e. The largest absolute Gasteiger partial charge is 0.522 e. The first-order chi connectivity index (χ1) is 22.4. The third kappa shape index (κ3) is 6.26. The number of carboxylic acids is 1. The molecule has 1 saturated heterocycles. The van der Waals surface area contributed by atoms with Gasteiger partial charge in [0.1, 0.15) is 18.2 Å². The smallest absolute Gasteiger partial charge is 0.491 e. The average Bonchev–Trinajstić information content (AvgIpc) is 3.70. The van der Waals surface area contributed by atoms with E-state index >= 15 is 0 Å². The molecule has 4 heterocycles. The number of aromatic nitrogens is 3. The Morgan fingerprint density at radius 2 is 1.91 bits per heavy atom. The second kappa shape index (κ2) is 12.2. The molecule has 4 aromatic rings. The fourth-order valence-corrected chi connectivity index (χ4v) is 8.47. The summed E-state index contributed by atoms with van der Waals surface area (Å²) in [6.07, 6.45) is -3.41. The first-order valence-electron chi connectivity index (χ1n) is 15.5. The van der Waals surface area contributed by atoms with Crippen LogP contribution >= 0.6 is 22.9 Å². The number of thiophene rings is 1. The summed E-state index contributed by atoms with van der Waals surface area (Å²) in [6, 6.07) is 7.21. The quantitative estimate of drug-likeness (QED) is 0.221. The number of pyridine rings is 1. The van der Waals surface area contributed by atoms with Gasteiger partial charge in [-0.1, -0.05) is 11.6 Å². The zero-order valence-electron chi connectivity index (χ0n) is 25.6. The zero-order valence-corrected chi connectivity index (χ0v) is 27.2. The van der Waals surface area contributed by atoms with Crippen LogP contribution < -0.4 is 10.3 Å². The van der Waals surface area contributed by atoms with Gasteiger partial charge >= 0.3 is 12.3 Å². The summed E-state index contributed by atoms with van der Waals surface area (Å²) in [5.74, 6) is 0.637. The van der Waals surface area contributed by atoms with Gasteiger partial charge in [0.25, 0.3) is 5.56 Å². The molecule has 47 heavy (non-hydrogen) atoms. The highest BCUT2D eigenvalue weighted by atomic mass is 35.5. The molecular weight excluding hydrogens is 657 g/mol. The van der Waals surface area contributed by atoms with Crippen LogP contribution in [0.2, 0.25) is 5.02 Å². The number of carboxylic acid groups (broad SMARTS) is 1. The van der Waals surface area contributed by atoms with Crippen LogP contribution in [0.4, 0.5) is 13.2 Å². The highest BCUT2D eigenvalue weighted by Crippen LogP contribution is 2.55. The molecule has 3 aromatic heterocycles. The molecule has 2 aliphatic carbocycles. The number of alkyl halides is 3. The van der Waals surface area contributed by atoms with Crippen LogP contribution in [-0.4, -0.2) is 68.7 Å². The minimum atomic E-state index is -4.63. The summed E-state index contributed by atoms with van der Waals surface area (Å²) in [4.78, 5) is 37.2. The second-order valence-electron chi connectivity index (χ2n) is 12.5. The van der Waals surface area contributed by atoms with Crippen molar-refractivity contribution in [2.45, 2.75) is 70.5 Å². The predicted octanol–water partition coefficient (Wildman–Crippen LogP) is 6.60. The molecule has 3 atom stereocenters. The van der Waals surface area contributed by atoms with Gasteiger partial charge in [-0.05, 0) is 69.7 Å². The van der Waals surface area contributed by atoms with Crippen LogP contribution in [0.3, 0.4) is 0 Å². The van der Waals surface area contributed by atoms with Gasteiger partial charge in [0.2, 0.25) is 0 Å². The number of rotatable bonds is 8. The van der Waals surface area contributed by atoms with Crippen LogP contribution in [0, 0.1) is 19.8 Å². The monoisotopic (exact) mass is 688 g/mol. The van der Waals surface area contributed by atoms with E-state index in [9.17, 15) is 27.9 Å². The van der Waals surface area contributed by atoms with E-state index in [4.69, 9.17) is 21.3 Å². The van der Waals surface area contributed by atoms with E-state index in [-0.39, 0.29) is 36.2 Å². The number of likely N-dealkylation sites (tertiary alicyclic amines) is 1. The van der Waals surface area contributed by atoms with Gasteiger partial charge in [-0.15, -0.1) is 24.5 Å². The summed E-state index contributed by atoms with van der Waals surface area (Å²) < 4.78 is 51.0. The number of halogens is 4. The maximum Gasteiger partial charge on any atom is 0.522 e. The Hall–Kier alpha value is -3.52. The molecule has 3 aliphatic rings. The Labute approximate surface area is 276 Å². The molecule has 1 saturated carbocycles. The third-order valence-corrected chi connectivity index (χ3v) is 10.8. The van der Waals surface area contributed by atoms with Crippen molar-refractivity contribution in [1.29, 1.82) is 0 Å². The van der Waals surface area contributed by atoms with Gasteiger partial charge in [-0.2, -0.15) is 0 Å². The zero-order chi connectivity index (χ0) is 33.2. The lowest BCUT2D eigenvalue weighted by Gasteiger charge is -2.39. The molecular formula is C33H32ClF3N4O5S. The summed E-state index contributed by atoms with van der Waals surface area (Å²) in [6.45, 7) is 5.03. The molecule has 1 aromatic carbocycles. The average molecular weight is 689 g/mol. The Bertz CT molecular complexity index is 1940. The number of piperidine rings is 1. The van der Waals surface area contributed by atoms with Crippen LogP contribution in [0.5, 0.6) is 5.75 Å². The Balaban J connectivity index is 1.10. The number of hydrogen-bond donors (Lipinski definition) is 1. The van der Waals surface area contributed by atoms with E-state index in [1.54, 1.807) is 35.1 Å². The molecule has 0 amide bonds. The number of carbonyl (C=O) groups is 1. The maximum atomic E-state index is 13.9. The fourth-order valence-electron chi connectivity index (χ4n) is 7.29. The van der Waals surface area contributed by atoms with Crippen molar-refractivity contribution < 1.29 is 32.5 Å². The van der Waals surface area contributed by atoms with Gasteiger partial charge in [-0.25, -0.2) is 9.78 Å². The standard InChI is InChI=1S/C33H32ClF3N4O5S/c1-16-11-23(30-29(38-16)25(15-47-30)32(43)44)21-12-18(34)3-4-27(21)45-10-9-41-17(2)39-28-22-13-20(22)26(14-24(28)31(41)42)40-7-5-19(6-8-40)46-33(35,36)37/h3-4,11-12,15,19-20,22,26H,5-10,13-14H2,1-2H3,(H,43,44)/t20-,22+,26+/m1/s1. The molecule has 7 rings (SSSR count). The lowest BCUT2D eigenvalue weighted by Crippen LogP contribution is -2.48. The number of aromatic carboxylic acids is 1. The highest BCUT2D eigenvalue weighted by Gasteiger charge is 2.52. The van der Waals surface area contributed by atoms with Crippen LogP contribution in [0.1, 0.15) is 58.3 Å². The van der Waals surface area contributed by atoms with Crippen LogP contribution in [0.25, 0.3) is 21.3 Å². The van der Waals surface area contributed by atoms with Crippen molar-refractivity contribution in [2.24, 2.45) is 5.92 Å². The normalized spacial score (nSPS) is 21.4. The van der Waals surface area contributed by atoms with Crippen molar-refractivity contribution in [1.82, 2.24) is 19.4 Å². The lowest BCUT2D eigenvalue weighted by molar-refractivity contribution is -0.346. The van der Waals surface area contributed by atoms with E-state index in [0.717, 1.165) is 17.7 Å². The van der Waals surface area contributed by atoms with Crippen LogP contribution in [0.15, 0.2) is 34.4 Å². The van der Waals surface area contributed by atoms with Gasteiger partial charge in [0.05, 0.1) is 34.1 Å². The Morgan fingerprint density at radius 1 is 1.15 bits per heavy atom. The molecule has 0 spiro atoms. The third-order valence-electron chi connectivity index (χ3n) is 9.52. The second-order valence-corrected chi connectivity index (χ2v) is 13.8. The van der Waals surface area contributed by atoms with E-state index in [2.05, 4.69) is 14.6 Å². The first kappa shape index (κ1) is 32.0. The van der Waals surface area contributed by atoms with Gasteiger partial charge < -0.3 is 9.84 Å². The summed E-state index contributed by atoms with van der Waals surface area (Å²) in [5.41, 5.74) is 4.06. The van der Waals surface area contributed by atoms with E-state index in [1.165, 1.54) is 11.3 Å².